The summed E-state index contributed by atoms with van der Waals surface area (Å²) in [6, 6.07) is 5.90. The Hall–Kier alpha value is -2.08. The van der Waals surface area contributed by atoms with Crippen molar-refractivity contribution in [3.05, 3.63) is 35.7 Å². The quantitative estimate of drug-likeness (QED) is 0.877. The minimum Gasteiger partial charge on any atom is -0.493 e. The van der Waals surface area contributed by atoms with E-state index in [1.807, 2.05) is 38.2 Å². The average molecular weight is 290 g/mol. The van der Waals surface area contributed by atoms with E-state index in [1.165, 1.54) is 0 Å². The largest absolute Gasteiger partial charge is 0.493 e. The van der Waals surface area contributed by atoms with Crippen LogP contribution in [0.4, 0.5) is 0 Å². The minimum atomic E-state index is -0.471. The summed E-state index contributed by atoms with van der Waals surface area (Å²) < 4.78 is 12.3. The molecule has 0 amide bonds. The molecular formula is C15H22N4O2. The zero-order valence-corrected chi connectivity index (χ0v) is 13.0. The van der Waals surface area contributed by atoms with Gasteiger partial charge in [0.05, 0.1) is 26.0 Å². The molecule has 0 saturated carbocycles. The van der Waals surface area contributed by atoms with Crippen LogP contribution >= 0.6 is 0 Å². The molecule has 0 unspecified atom stereocenters. The van der Waals surface area contributed by atoms with Crippen LogP contribution in [0.5, 0.6) is 11.5 Å². The van der Waals surface area contributed by atoms with Gasteiger partial charge in [0.1, 0.15) is 5.69 Å². The van der Waals surface area contributed by atoms with Gasteiger partial charge in [0.25, 0.3) is 0 Å². The van der Waals surface area contributed by atoms with Crippen molar-refractivity contribution in [2.45, 2.75) is 32.4 Å². The van der Waals surface area contributed by atoms with Gasteiger partial charge in [-0.25, -0.2) is 0 Å². The van der Waals surface area contributed by atoms with E-state index in [-0.39, 0.29) is 0 Å². The molecule has 0 fully saturated rings. The van der Waals surface area contributed by atoms with Crippen molar-refractivity contribution in [3.63, 3.8) is 0 Å². The van der Waals surface area contributed by atoms with Crippen LogP contribution in [0.1, 0.15) is 25.1 Å². The van der Waals surface area contributed by atoms with E-state index in [9.17, 15) is 0 Å². The number of rotatable bonds is 6. The summed E-state index contributed by atoms with van der Waals surface area (Å²) >= 11 is 0. The Kier molecular flexibility index (Phi) is 4.47. The number of nitrogens with zero attached hydrogens (tertiary/aromatic N) is 3. The first-order chi connectivity index (χ1) is 9.94. The molecule has 0 saturated heterocycles. The van der Waals surface area contributed by atoms with Gasteiger partial charge in [0.15, 0.2) is 11.5 Å². The maximum Gasteiger partial charge on any atom is 0.160 e. The molecule has 0 atom stereocenters. The van der Waals surface area contributed by atoms with E-state index in [2.05, 4.69) is 10.3 Å². The minimum absolute atomic E-state index is 0.471. The van der Waals surface area contributed by atoms with E-state index < -0.39 is 5.54 Å². The maximum atomic E-state index is 6.00. The summed E-state index contributed by atoms with van der Waals surface area (Å²) in [4.78, 5) is 0. The Morgan fingerprint density at radius 1 is 1.19 bits per heavy atom. The van der Waals surface area contributed by atoms with E-state index in [0.29, 0.717) is 0 Å². The van der Waals surface area contributed by atoms with E-state index in [4.69, 9.17) is 15.2 Å². The third kappa shape index (κ3) is 3.72. The summed E-state index contributed by atoms with van der Waals surface area (Å²) in [6.45, 7) is 4.56. The normalized spacial score (nSPS) is 11.5. The topological polar surface area (TPSA) is 75.2 Å². The van der Waals surface area contributed by atoms with Crippen molar-refractivity contribution >= 4 is 0 Å². The monoisotopic (exact) mass is 290 g/mol. The molecule has 6 heteroatoms. The average Bonchev–Trinajstić information content (AvgIpc) is 2.93. The molecule has 0 aliphatic heterocycles. The number of aryl methyl sites for hydroxylation is 2. The smallest absolute Gasteiger partial charge is 0.160 e. The molecular weight excluding hydrogens is 268 g/mol. The van der Waals surface area contributed by atoms with Gasteiger partial charge in [0.2, 0.25) is 0 Å². The van der Waals surface area contributed by atoms with Crippen molar-refractivity contribution in [3.8, 4) is 11.5 Å². The summed E-state index contributed by atoms with van der Waals surface area (Å²) in [5.74, 6) is 1.46. The molecule has 2 N–H and O–H groups in total. The first kappa shape index (κ1) is 15.3. The standard InChI is InChI=1S/C15H22N4O2/c1-15(2,16)14-10-19(18-17-14)8-7-11-5-6-12(20-3)13(9-11)21-4/h5-6,9-10H,7-8,16H2,1-4H3. The number of hydrogen-bond acceptors (Lipinski definition) is 5. The fourth-order valence-corrected chi connectivity index (χ4v) is 1.98. The van der Waals surface area contributed by atoms with Crippen LogP contribution in [-0.4, -0.2) is 29.2 Å². The van der Waals surface area contributed by atoms with Gasteiger partial charge >= 0.3 is 0 Å². The van der Waals surface area contributed by atoms with Crippen LogP contribution in [0.25, 0.3) is 0 Å². The second kappa shape index (κ2) is 6.13. The molecule has 2 rings (SSSR count). The number of hydrogen-bond donors (Lipinski definition) is 1. The van der Waals surface area contributed by atoms with Crippen LogP contribution in [0.15, 0.2) is 24.4 Å². The summed E-state index contributed by atoms with van der Waals surface area (Å²) in [7, 11) is 3.26. The van der Waals surface area contributed by atoms with Crippen molar-refractivity contribution in [1.82, 2.24) is 15.0 Å². The number of methoxy groups -OCH3 is 2. The van der Waals surface area contributed by atoms with Gasteiger partial charge < -0.3 is 15.2 Å². The number of nitrogens with two attached hydrogens (primary N) is 1. The predicted molar refractivity (Wildman–Crippen MR) is 80.5 cm³/mol. The fourth-order valence-electron chi connectivity index (χ4n) is 1.98. The zero-order valence-electron chi connectivity index (χ0n) is 13.0. The van der Waals surface area contributed by atoms with Gasteiger partial charge in [-0.3, -0.25) is 4.68 Å². The molecule has 21 heavy (non-hydrogen) atoms. The molecule has 1 heterocycles. The number of benzene rings is 1. The first-order valence-corrected chi connectivity index (χ1v) is 6.84. The lowest BCUT2D eigenvalue weighted by molar-refractivity contribution is 0.354. The second-order valence-electron chi connectivity index (χ2n) is 5.53. The van der Waals surface area contributed by atoms with E-state index in [1.54, 1.807) is 18.9 Å². The van der Waals surface area contributed by atoms with Crippen molar-refractivity contribution in [2.75, 3.05) is 14.2 Å². The molecule has 2 aromatic rings. The van der Waals surface area contributed by atoms with E-state index >= 15 is 0 Å². The first-order valence-electron chi connectivity index (χ1n) is 6.84. The van der Waals surface area contributed by atoms with Gasteiger partial charge in [-0.15, -0.1) is 5.10 Å². The highest BCUT2D eigenvalue weighted by Gasteiger charge is 2.18. The molecule has 0 aliphatic rings. The Bertz CT molecular complexity index is 602. The highest BCUT2D eigenvalue weighted by Crippen LogP contribution is 2.27. The van der Waals surface area contributed by atoms with Crippen LogP contribution in [-0.2, 0) is 18.5 Å². The van der Waals surface area contributed by atoms with Crippen LogP contribution in [0.2, 0.25) is 0 Å². The van der Waals surface area contributed by atoms with Crippen LogP contribution < -0.4 is 15.2 Å². The predicted octanol–water partition coefficient (Wildman–Crippen LogP) is 1.73. The summed E-state index contributed by atoms with van der Waals surface area (Å²) in [5, 5.41) is 8.21. The maximum absolute atomic E-state index is 6.00. The highest BCUT2D eigenvalue weighted by atomic mass is 16.5. The van der Waals surface area contributed by atoms with Gasteiger partial charge in [-0.1, -0.05) is 11.3 Å². The zero-order chi connectivity index (χ0) is 15.5. The van der Waals surface area contributed by atoms with Crippen molar-refractivity contribution in [2.24, 2.45) is 5.73 Å². The van der Waals surface area contributed by atoms with Gasteiger partial charge in [0, 0.05) is 6.54 Å². The Labute approximate surface area is 124 Å². The van der Waals surface area contributed by atoms with Crippen molar-refractivity contribution in [1.29, 1.82) is 0 Å². The van der Waals surface area contributed by atoms with Gasteiger partial charge in [-0.2, -0.15) is 0 Å². The molecule has 6 nitrogen and oxygen atoms in total. The van der Waals surface area contributed by atoms with Gasteiger partial charge in [-0.05, 0) is 38.0 Å². The van der Waals surface area contributed by atoms with Crippen molar-refractivity contribution < 1.29 is 9.47 Å². The third-order valence-corrected chi connectivity index (χ3v) is 3.28. The highest BCUT2D eigenvalue weighted by molar-refractivity contribution is 5.42. The van der Waals surface area contributed by atoms with E-state index in [0.717, 1.165) is 35.7 Å². The molecule has 0 aliphatic carbocycles. The molecule has 0 spiro atoms. The van der Waals surface area contributed by atoms with Crippen LogP contribution in [0, 0.1) is 0 Å². The lowest BCUT2D eigenvalue weighted by Gasteiger charge is -2.13. The fraction of sp³-hybridized carbons (Fsp3) is 0.467. The third-order valence-electron chi connectivity index (χ3n) is 3.28. The summed E-state index contributed by atoms with van der Waals surface area (Å²) in [5.41, 5.74) is 7.47. The molecule has 1 aromatic heterocycles. The molecule has 0 radical (unpaired) electrons. The Morgan fingerprint density at radius 2 is 1.90 bits per heavy atom. The Morgan fingerprint density at radius 3 is 2.48 bits per heavy atom. The molecule has 114 valence electrons. The molecule has 0 bridgehead atoms. The number of aromatic nitrogens is 3. The molecule has 1 aromatic carbocycles. The number of ether oxygens (including phenoxy) is 2. The summed E-state index contributed by atoms with van der Waals surface area (Å²) in [6.07, 6.45) is 2.72. The lowest BCUT2D eigenvalue weighted by atomic mass is 10.0. The SMILES string of the molecule is COc1ccc(CCn2cc(C(C)(C)N)nn2)cc1OC. The Balaban J connectivity index is 2.04. The second-order valence-corrected chi connectivity index (χ2v) is 5.53. The van der Waals surface area contributed by atoms with Crippen LogP contribution in [0.3, 0.4) is 0 Å². The lowest BCUT2D eigenvalue weighted by Crippen LogP contribution is -2.29.